The van der Waals surface area contributed by atoms with Crippen molar-refractivity contribution in [3.63, 3.8) is 0 Å². The van der Waals surface area contributed by atoms with Gasteiger partial charge in [0.05, 0.1) is 12.4 Å². The van der Waals surface area contributed by atoms with Crippen LogP contribution in [0.25, 0.3) is 0 Å². The number of hydrogen-bond acceptors (Lipinski definition) is 5. The van der Waals surface area contributed by atoms with E-state index in [9.17, 15) is 4.79 Å². The molecule has 1 aromatic rings. The average molecular weight is 249 g/mol. The van der Waals surface area contributed by atoms with Crippen molar-refractivity contribution in [2.24, 2.45) is 0 Å². The summed E-state index contributed by atoms with van der Waals surface area (Å²) in [5.74, 6) is 0.117. The van der Waals surface area contributed by atoms with Gasteiger partial charge < -0.3 is 16.0 Å². The second-order valence-corrected chi connectivity index (χ2v) is 4.98. The molecule has 0 bridgehead atoms. The van der Waals surface area contributed by atoms with Crippen LogP contribution in [0.3, 0.4) is 0 Å². The summed E-state index contributed by atoms with van der Waals surface area (Å²) in [6, 6.07) is 0. The first-order chi connectivity index (χ1) is 8.53. The third kappa shape index (κ3) is 2.43. The van der Waals surface area contributed by atoms with Crippen LogP contribution in [-0.2, 0) is 0 Å². The number of anilines is 1. The van der Waals surface area contributed by atoms with Gasteiger partial charge in [-0.05, 0) is 33.4 Å². The van der Waals surface area contributed by atoms with Gasteiger partial charge in [-0.25, -0.2) is 9.97 Å². The quantitative estimate of drug-likeness (QED) is 0.800. The van der Waals surface area contributed by atoms with Crippen LogP contribution >= 0.6 is 0 Å². The van der Waals surface area contributed by atoms with Gasteiger partial charge in [-0.1, -0.05) is 0 Å². The summed E-state index contributed by atoms with van der Waals surface area (Å²) in [7, 11) is 4.10. The van der Waals surface area contributed by atoms with Crippen LogP contribution < -0.4 is 11.1 Å². The molecule has 1 fully saturated rings. The molecule has 0 aliphatic heterocycles. The summed E-state index contributed by atoms with van der Waals surface area (Å²) >= 11 is 0. The van der Waals surface area contributed by atoms with E-state index in [-0.39, 0.29) is 11.4 Å². The molecule has 1 amide bonds. The zero-order valence-electron chi connectivity index (χ0n) is 10.8. The van der Waals surface area contributed by atoms with Gasteiger partial charge in [-0.2, -0.15) is 0 Å². The molecule has 1 aromatic heterocycles. The number of aromatic nitrogens is 2. The Morgan fingerprint density at radius 2 is 2.17 bits per heavy atom. The largest absolute Gasteiger partial charge is 0.382 e. The van der Waals surface area contributed by atoms with Crippen molar-refractivity contribution < 1.29 is 4.79 Å². The highest BCUT2D eigenvalue weighted by atomic mass is 16.1. The fourth-order valence-corrected chi connectivity index (χ4v) is 2.16. The molecule has 3 N–H and O–H groups in total. The minimum Gasteiger partial charge on any atom is -0.382 e. The Hall–Kier alpha value is -1.69. The molecule has 0 radical (unpaired) electrons. The number of hydrogen-bond donors (Lipinski definition) is 2. The molecule has 1 aliphatic carbocycles. The lowest BCUT2D eigenvalue weighted by Gasteiger charge is -2.47. The minimum atomic E-state index is -0.198. The molecular formula is C12H19N5O. The molecular weight excluding hydrogens is 230 g/mol. The van der Waals surface area contributed by atoms with Crippen molar-refractivity contribution in [3.05, 3.63) is 18.1 Å². The van der Waals surface area contributed by atoms with E-state index in [1.807, 2.05) is 14.1 Å². The molecule has 0 atom stereocenters. The van der Waals surface area contributed by atoms with E-state index < -0.39 is 0 Å². The van der Waals surface area contributed by atoms with E-state index in [2.05, 4.69) is 20.2 Å². The fraction of sp³-hybridized carbons (Fsp3) is 0.583. The van der Waals surface area contributed by atoms with Crippen LogP contribution in [0, 0.1) is 0 Å². The number of nitrogens with two attached hydrogens (primary N) is 1. The summed E-state index contributed by atoms with van der Waals surface area (Å²) in [6.07, 6.45) is 6.24. The second-order valence-electron chi connectivity index (χ2n) is 4.98. The summed E-state index contributed by atoms with van der Waals surface area (Å²) in [5.41, 5.74) is 5.84. The van der Waals surface area contributed by atoms with Crippen LogP contribution in [0.1, 0.15) is 29.8 Å². The number of likely N-dealkylation sites (N-methyl/N-ethyl adjacent to an activating group) is 1. The van der Waals surface area contributed by atoms with Crippen molar-refractivity contribution in [2.45, 2.75) is 24.8 Å². The Morgan fingerprint density at radius 1 is 1.44 bits per heavy atom. The maximum absolute atomic E-state index is 11.9. The number of nitrogens with zero attached hydrogens (tertiary/aromatic N) is 3. The number of rotatable bonds is 4. The maximum atomic E-state index is 11.9. The summed E-state index contributed by atoms with van der Waals surface area (Å²) in [5, 5.41) is 2.92. The van der Waals surface area contributed by atoms with Crippen molar-refractivity contribution >= 4 is 11.7 Å². The fourth-order valence-electron chi connectivity index (χ4n) is 2.16. The first-order valence-corrected chi connectivity index (χ1v) is 6.07. The van der Waals surface area contributed by atoms with Crippen molar-refractivity contribution in [3.8, 4) is 0 Å². The van der Waals surface area contributed by atoms with Gasteiger partial charge in [0.25, 0.3) is 5.91 Å². The van der Waals surface area contributed by atoms with Crippen molar-refractivity contribution in [1.82, 2.24) is 20.2 Å². The number of nitrogens with one attached hydrogen (secondary N) is 1. The average Bonchev–Trinajstić information content (AvgIpc) is 2.27. The Morgan fingerprint density at radius 3 is 2.61 bits per heavy atom. The van der Waals surface area contributed by atoms with Gasteiger partial charge in [-0.3, -0.25) is 4.79 Å². The van der Waals surface area contributed by atoms with Gasteiger partial charge in [-0.15, -0.1) is 0 Å². The number of carbonyl (C=O) groups is 1. The monoisotopic (exact) mass is 249 g/mol. The summed E-state index contributed by atoms with van der Waals surface area (Å²) in [4.78, 5) is 21.9. The van der Waals surface area contributed by atoms with Gasteiger partial charge in [0, 0.05) is 12.1 Å². The van der Waals surface area contributed by atoms with Crippen LogP contribution in [0.2, 0.25) is 0 Å². The van der Waals surface area contributed by atoms with Crippen molar-refractivity contribution in [1.29, 1.82) is 0 Å². The second kappa shape index (κ2) is 4.89. The molecule has 6 nitrogen and oxygen atoms in total. The van der Waals surface area contributed by atoms with Crippen LogP contribution in [0.4, 0.5) is 5.82 Å². The predicted octanol–water partition coefficient (Wildman–Crippen LogP) is 0.273. The van der Waals surface area contributed by atoms with Crippen LogP contribution in [-0.4, -0.2) is 47.0 Å². The van der Waals surface area contributed by atoms with Gasteiger partial charge in [0.1, 0.15) is 11.5 Å². The molecule has 6 heteroatoms. The molecule has 18 heavy (non-hydrogen) atoms. The molecule has 0 saturated heterocycles. The van der Waals surface area contributed by atoms with E-state index in [0.717, 1.165) is 12.8 Å². The van der Waals surface area contributed by atoms with Crippen LogP contribution in [0.15, 0.2) is 12.4 Å². The van der Waals surface area contributed by atoms with E-state index >= 15 is 0 Å². The van der Waals surface area contributed by atoms with Crippen LogP contribution in [0.5, 0.6) is 0 Å². The van der Waals surface area contributed by atoms with E-state index in [1.165, 1.54) is 18.8 Å². The zero-order valence-corrected chi connectivity index (χ0v) is 10.8. The third-order valence-electron chi connectivity index (χ3n) is 3.72. The predicted molar refractivity (Wildman–Crippen MR) is 69.0 cm³/mol. The van der Waals surface area contributed by atoms with Crippen molar-refractivity contribution in [2.75, 3.05) is 26.4 Å². The Labute approximate surface area is 107 Å². The molecule has 2 rings (SSSR count). The standard InChI is InChI=1S/C12H19N5O/c1-17(2)12(4-3-5-12)8-16-11(18)9-6-15-10(13)7-14-9/h6-7H,3-5,8H2,1-2H3,(H2,13,15)(H,16,18). The first kappa shape index (κ1) is 12.8. The highest BCUT2D eigenvalue weighted by Gasteiger charge is 2.39. The first-order valence-electron chi connectivity index (χ1n) is 6.07. The highest BCUT2D eigenvalue weighted by molar-refractivity contribution is 5.92. The SMILES string of the molecule is CN(C)C1(CNC(=O)c2cnc(N)cn2)CCC1. The zero-order chi connectivity index (χ0) is 13.2. The van der Waals surface area contributed by atoms with Gasteiger partial charge in [0.2, 0.25) is 0 Å². The lowest BCUT2D eigenvalue weighted by Crippen LogP contribution is -2.57. The third-order valence-corrected chi connectivity index (χ3v) is 3.72. The summed E-state index contributed by atoms with van der Waals surface area (Å²) in [6.45, 7) is 0.644. The van der Waals surface area contributed by atoms with E-state index in [0.29, 0.717) is 18.1 Å². The summed E-state index contributed by atoms with van der Waals surface area (Å²) < 4.78 is 0. The molecule has 0 unspecified atom stereocenters. The highest BCUT2D eigenvalue weighted by Crippen LogP contribution is 2.35. The molecule has 0 aromatic carbocycles. The Bertz CT molecular complexity index is 425. The number of nitrogen functional groups attached to an aromatic ring is 1. The number of carbonyl (C=O) groups excluding carboxylic acids is 1. The smallest absolute Gasteiger partial charge is 0.271 e. The minimum absolute atomic E-state index is 0.108. The molecule has 98 valence electrons. The molecule has 0 spiro atoms. The topological polar surface area (TPSA) is 84.1 Å². The van der Waals surface area contributed by atoms with Gasteiger partial charge >= 0.3 is 0 Å². The lowest BCUT2D eigenvalue weighted by molar-refractivity contribution is 0.0556. The lowest BCUT2D eigenvalue weighted by atomic mass is 9.75. The Kier molecular flexibility index (Phi) is 3.47. The van der Waals surface area contributed by atoms with Gasteiger partial charge in [0.15, 0.2) is 0 Å². The maximum Gasteiger partial charge on any atom is 0.271 e. The molecule has 1 heterocycles. The van der Waals surface area contributed by atoms with E-state index in [1.54, 1.807) is 0 Å². The molecule has 1 aliphatic rings. The normalized spacial score (nSPS) is 17.3. The van der Waals surface area contributed by atoms with E-state index in [4.69, 9.17) is 5.73 Å². The molecule has 1 saturated carbocycles. The number of amides is 1. The Balaban J connectivity index is 1.94.